The number of halogens is 3. The lowest BCUT2D eigenvalue weighted by Gasteiger charge is -2.36. The summed E-state index contributed by atoms with van der Waals surface area (Å²) >= 11 is 0. The zero-order valence-electron chi connectivity index (χ0n) is 11.4. The molecule has 1 saturated carbocycles. The molecule has 0 amide bonds. The van der Waals surface area contributed by atoms with Gasteiger partial charge in [-0.2, -0.15) is 13.2 Å². The molecule has 112 valence electrons. The summed E-state index contributed by atoms with van der Waals surface area (Å²) in [4.78, 5) is 3.77. The Labute approximate surface area is 116 Å². The van der Waals surface area contributed by atoms with Crippen molar-refractivity contribution in [3.05, 3.63) is 29.6 Å². The highest BCUT2D eigenvalue weighted by Crippen LogP contribution is 2.39. The fourth-order valence-corrected chi connectivity index (χ4v) is 2.69. The fraction of sp³-hybridized carbons (Fsp3) is 0.643. The molecule has 20 heavy (non-hydrogen) atoms. The molecule has 1 aliphatic carbocycles. The van der Waals surface area contributed by atoms with Gasteiger partial charge in [-0.15, -0.1) is 0 Å². The lowest BCUT2D eigenvalue weighted by molar-refractivity contribution is -0.138. The first-order valence-electron chi connectivity index (χ1n) is 6.80. The molecule has 2 N–H and O–H groups in total. The number of aromatic nitrogens is 1. The predicted octanol–water partition coefficient (Wildman–Crippen LogP) is 3.31. The Hall–Kier alpha value is -1.14. The number of nitrogens with two attached hydrogens (primary N) is 1. The number of hydrogen-bond acceptors (Lipinski definition) is 3. The summed E-state index contributed by atoms with van der Waals surface area (Å²) in [5.74, 6) is 0.336. The lowest BCUT2D eigenvalue weighted by Crippen LogP contribution is -2.34. The van der Waals surface area contributed by atoms with E-state index in [0.29, 0.717) is 18.9 Å². The number of nitrogens with zero attached hydrogens (tertiary/aromatic N) is 1. The van der Waals surface area contributed by atoms with Crippen LogP contribution >= 0.6 is 0 Å². The van der Waals surface area contributed by atoms with E-state index in [1.807, 2.05) is 6.92 Å². The summed E-state index contributed by atoms with van der Waals surface area (Å²) in [6.07, 6.45) is 0.529. The van der Waals surface area contributed by atoms with Crippen LogP contribution in [0, 0.1) is 5.92 Å². The van der Waals surface area contributed by atoms with E-state index >= 15 is 0 Å². The molecule has 1 aliphatic rings. The van der Waals surface area contributed by atoms with Gasteiger partial charge in [0.2, 0.25) is 0 Å². The van der Waals surface area contributed by atoms with Crippen molar-refractivity contribution in [1.82, 2.24) is 4.98 Å². The Morgan fingerprint density at radius 2 is 2.15 bits per heavy atom. The first-order chi connectivity index (χ1) is 9.41. The van der Waals surface area contributed by atoms with Gasteiger partial charge in [-0.1, -0.05) is 0 Å². The smallest absolute Gasteiger partial charge is 0.378 e. The molecule has 1 aromatic heterocycles. The van der Waals surface area contributed by atoms with Crippen molar-refractivity contribution in [2.24, 2.45) is 11.7 Å². The molecule has 0 aliphatic heterocycles. The molecule has 0 bridgehead atoms. The third-order valence-electron chi connectivity index (χ3n) is 3.74. The Morgan fingerprint density at radius 1 is 1.45 bits per heavy atom. The number of ether oxygens (including phenoxy) is 1. The summed E-state index contributed by atoms with van der Waals surface area (Å²) in [5.41, 5.74) is 5.34. The highest BCUT2D eigenvalue weighted by Gasteiger charge is 2.36. The summed E-state index contributed by atoms with van der Waals surface area (Å²) in [7, 11) is 0. The minimum Gasteiger partial charge on any atom is -0.378 e. The molecule has 1 unspecified atom stereocenters. The summed E-state index contributed by atoms with van der Waals surface area (Å²) < 4.78 is 44.1. The molecule has 3 nitrogen and oxygen atoms in total. The zero-order valence-corrected chi connectivity index (χ0v) is 11.4. The summed E-state index contributed by atoms with van der Waals surface area (Å²) in [6.45, 7) is 2.61. The quantitative estimate of drug-likeness (QED) is 0.904. The molecule has 0 aromatic carbocycles. The summed E-state index contributed by atoms with van der Waals surface area (Å²) in [6, 6.07) is 0.354. The maximum atomic E-state index is 12.9. The van der Waals surface area contributed by atoms with Gasteiger partial charge >= 0.3 is 6.18 Å². The van der Waals surface area contributed by atoms with Gasteiger partial charge in [-0.3, -0.25) is 4.98 Å². The number of alkyl halides is 3. The Balaban J connectivity index is 1.98. The molecule has 1 aromatic rings. The molecule has 6 heteroatoms. The maximum Gasteiger partial charge on any atom is 0.416 e. The van der Waals surface area contributed by atoms with Gasteiger partial charge in [0.15, 0.2) is 0 Å². The zero-order chi connectivity index (χ0) is 14.8. The third kappa shape index (κ3) is 3.49. The summed E-state index contributed by atoms with van der Waals surface area (Å²) in [5, 5.41) is 0. The van der Waals surface area contributed by atoms with Gasteiger partial charge in [-0.25, -0.2) is 0 Å². The normalized spacial score (nSPS) is 24.2. The van der Waals surface area contributed by atoms with Crippen LogP contribution in [0.2, 0.25) is 0 Å². The molecular formula is C14H19F3N2O. The molecular weight excluding hydrogens is 269 g/mol. The molecule has 0 saturated heterocycles. The van der Waals surface area contributed by atoms with Crippen molar-refractivity contribution in [3.63, 3.8) is 0 Å². The average Bonchev–Trinajstić information content (AvgIpc) is 2.35. The van der Waals surface area contributed by atoms with E-state index in [1.165, 1.54) is 6.20 Å². The van der Waals surface area contributed by atoms with E-state index in [9.17, 15) is 13.2 Å². The molecule has 0 radical (unpaired) electrons. The largest absolute Gasteiger partial charge is 0.416 e. The average molecular weight is 288 g/mol. The molecule has 2 rings (SSSR count). The van der Waals surface area contributed by atoms with Crippen molar-refractivity contribution in [2.45, 2.75) is 44.5 Å². The number of pyridine rings is 1. The standard InChI is InChI=1S/C14H19F3N2O/c1-2-20-10-5-9(6-10)7-13(18)11-8-19-4-3-12(11)14(15,16)17/h3-4,8-10,13H,2,5-7,18H2,1H3. The highest BCUT2D eigenvalue weighted by atomic mass is 19.4. The first-order valence-corrected chi connectivity index (χ1v) is 6.80. The highest BCUT2D eigenvalue weighted by molar-refractivity contribution is 5.29. The first kappa shape index (κ1) is 15.3. The molecule has 1 heterocycles. The van der Waals surface area contributed by atoms with Crippen LogP contribution < -0.4 is 5.73 Å². The maximum absolute atomic E-state index is 12.9. The molecule has 1 fully saturated rings. The van der Waals surface area contributed by atoms with E-state index in [0.717, 1.165) is 25.1 Å². The van der Waals surface area contributed by atoms with Crippen LogP contribution in [-0.2, 0) is 10.9 Å². The van der Waals surface area contributed by atoms with Crippen LogP contribution in [0.5, 0.6) is 0 Å². The van der Waals surface area contributed by atoms with Crippen molar-refractivity contribution in [1.29, 1.82) is 0 Å². The second kappa shape index (κ2) is 6.10. The number of rotatable bonds is 5. The van der Waals surface area contributed by atoms with Gasteiger partial charge in [0.1, 0.15) is 0 Å². The van der Waals surface area contributed by atoms with Crippen LogP contribution in [0.25, 0.3) is 0 Å². The van der Waals surface area contributed by atoms with Crippen molar-refractivity contribution >= 4 is 0 Å². The van der Waals surface area contributed by atoms with E-state index in [4.69, 9.17) is 10.5 Å². The molecule has 0 spiro atoms. The minimum absolute atomic E-state index is 0.0832. The van der Waals surface area contributed by atoms with E-state index < -0.39 is 17.8 Å². The molecule has 1 atom stereocenters. The van der Waals surface area contributed by atoms with Gasteiger partial charge in [0, 0.05) is 25.0 Å². The van der Waals surface area contributed by atoms with Crippen LogP contribution in [0.4, 0.5) is 13.2 Å². The number of hydrogen-bond donors (Lipinski definition) is 1. The van der Waals surface area contributed by atoms with E-state index in [1.54, 1.807) is 0 Å². The van der Waals surface area contributed by atoms with E-state index in [2.05, 4.69) is 4.98 Å². The van der Waals surface area contributed by atoms with Gasteiger partial charge in [0.25, 0.3) is 0 Å². The van der Waals surface area contributed by atoms with Crippen LogP contribution in [0.3, 0.4) is 0 Å². The topological polar surface area (TPSA) is 48.1 Å². The monoisotopic (exact) mass is 288 g/mol. The Kier molecular flexibility index (Phi) is 4.65. The Bertz CT molecular complexity index is 444. The van der Waals surface area contributed by atoms with Gasteiger partial charge in [0.05, 0.1) is 11.7 Å². The third-order valence-corrected chi connectivity index (χ3v) is 3.74. The lowest BCUT2D eigenvalue weighted by atomic mass is 9.77. The van der Waals surface area contributed by atoms with Crippen LogP contribution in [-0.4, -0.2) is 17.7 Å². The van der Waals surface area contributed by atoms with Gasteiger partial charge < -0.3 is 10.5 Å². The SMILES string of the molecule is CCOC1CC(CC(N)c2cnccc2C(F)(F)F)C1. The van der Waals surface area contributed by atoms with Crippen molar-refractivity contribution in [3.8, 4) is 0 Å². The Morgan fingerprint density at radius 3 is 2.75 bits per heavy atom. The van der Waals surface area contributed by atoms with Crippen molar-refractivity contribution in [2.75, 3.05) is 6.61 Å². The second-order valence-electron chi connectivity index (χ2n) is 5.22. The van der Waals surface area contributed by atoms with Crippen LogP contribution in [0.15, 0.2) is 18.5 Å². The van der Waals surface area contributed by atoms with E-state index in [-0.39, 0.29) is 11.7 Å². The minimum atomic E-state index is -4.39. The van der Waals surface area contributed by atoms with Crippen LogP contribution in [0.1, 0.15) is 43.4 Å². The van der Waals surface area contributed by atoms with Crippen molar-refractivity contribution < 1.29 is 17.9 Å². The predicted molar refractivity (Wildman–Crippen MR) is 68.9 cm³/mol. The fourth-order valence-electron chi connectivity index (χ4n) is 2.69. The second-order valence-corrected chi connectivity index (χ2v) is 5.22. The van der Waals surface area contributed by atoms with Gasteiger partial charge in [-0.05, 0) is 43.7 Å².